The molecule has 1 unspecified atom stereocenters. The van der Waals surface area contributed by atoms with Crippen LogP contribution in [0.4, 0.5) is 13.2 Å². The number of hydrogen-bond acceptors (Lipinski definition) is 4. The van der Waals surface area contributed by atoms with Crippen molar-refractivity contribution in [3.8, 4) is 11.5 Å². The second kappa shape index (κ2) is 11.3. The zero-order valence-corrected chi connectivity index (χ0v) is 19.8. The molecule has 0 aliphatic heterocycles. The van der Waals surface area contributed by atoms with Crippen LogP contribution in [0, 0.1) is 0 Å². The van der Waals surface area contributed by atoms with Crippen molar-refractivity contribution in [2.45, 2.75) is 32.6 Å². The van der Waals surface area contributed by atoms with Crippen molar-refractivity contribution < 1.29 is 22.6 Å². The fourth-order valence-corrected chi connectivity index (χ4v) is 2.84. The molecule has 0 aliphatic rings. The number of rotatable bonds is 7. The fourth-order valence-electron chi connectivity index (χ4n) is 2.84. The summed E-state index contributed by atoms with van der Waals surface area (Å²) in [5, 5.41) is 9.74. The van der Waals surface area contributed by atoms with E-state index >= 15 is 0 Å². The summed E-state index contributed by atoms with van der Waals surface area (Å²) >= 11 is 0. The summed E-state index contributed by atoms with van der Waals surface area (Å²) in [7, 11) is 4.59. The number of nitrogens with zero attached hydrogens (tertiary/aromatic N) is 3. The van der Waals surface area contributed by atoms with Gasteiger partial charge in [0, 0.05) is 30.9 Å². The quantitative estimate of drug-likeness (QED) is 0.316. The molecule has 7 nitrogen and oxygen atoms in total. The van der Waals surface area contributed by atoms with E-state index in [-0.39, 0.29) is 42.1 Å². The number of ether oxygens (including phenoxy) is 2. The smallest absolute Gasteiger partial charge is 0.435 e. The number of aryl methyl sites for hydroxylation is 1. The van der Waals surface area contributed by atoms with Gasteiger partial charge in [-0.2, -0.15) is 18.3 Å². The van der Waals surface area contributed by atoms with Crippen LogP contribution in [-0.2, 0) is 19.8 Å². The number of benzene rings is 1. The van der Waals surface area contributed by atoms with Crippen LogP contribution in [0.25, 0.3) is 0 Å². The Morgan fingerprint density at radius 1 is 1.27 bits per heavy atom. The zero-order valence-electron chi connectivity index (χ0n) is 17.5. The third-order valence-electron chi connectivity index (χ3n) is 4.18. The lowest BCUT2D eigenvalue weighted by Crippen LogP contribution is -2.38. The van der Waals surface area contributed by atoms with Crippen LogP contribution in [0.3, 0.4) is 0 Å². The number of guanidine groups is 1. The molecule has 168 valence electrons. The van der Waals surface area contributed by atoms with E-state index in [1.165, 1.54) is 13.2 Å². The Morgan fingerprint density at radius 2 is 1.97 bits per heavy atom. The largest absolute Gasteiger partial charge is 0.497 e. The molecular weight excluding hydrogens is 514 g/mol. The minimum Gasteiger partial charge on any atom is -0.497 e. The maximum atomic E-state index is 13.1. The van der Waals surface area contributed by atoms with Crippen molar-refractivity contribution in [2.24, 2.45) is 12.0 Å². The highest BCUT2D eigenvalue weighted by molar-refractivity contribution is 14.0. The van der Waals surface area contributed by atoms with Crippen LogP contribution in [0.5, 0.6) is 11.5 Å². The second-order valence-electron chi connectivity index (χ2n) is 6.34. The first-order valence-electron chi connectivity index (χ1n) is 9.06. The first-order valence-corrected chi connectivity index (χ1v) is 9.06. The maximum absolute atomic E-state index is 13.1. The van der Waals surface area contributed by atoms with Gasteiger partial charge in [0.2, 0.25) is 0 Å². The Kier molecular flexibility index (Phi) is 9.72. The fraction of sp³-hybridized carbons (Fsp3) is 0.474. The molecule has 2 N–H and O–H groups in total. The predicted octanol–water partition coefficient (Wildman–Crippen LogP) is 3.89. The lowest BCUT2D eigenvalue weighted by atomic mass is 10.1. The van der Waals surface area contributed by atoms with Gasteiger partial charge in [-0.15, -0.1) is 24.0 Å². The summed E-state index contributed by atoms with van der Waals surface area (Å²) in [6, 6.07) is 5.17. The molecule has 0 fully saturated rings. The highest BCUT2D eigenvalue weighted by Crippen LogP contribution is 2.31. The molecule has 2 rings (SSSR count). The summed E-state index contributed by atoms with van der Waals surface area (Å²) in [6.07, 6.45) is -3.20. The lowest BCUT2D eigenvalue weighted by molar-refractivity contribution is -0.142. The Labute approximate surface area is 191 Å². The predicted molar refractivity (Wildman–Crippen MR) is 120 cm³/mol. The molecule has 0 bridgehead atoms. The van der Waals surface area contributed by atoms with Gasteiger partial charge in [0.1, 0.15) is 11.5 Å². The van der Waals surface area contributed by atoms with Crippen LogP contribution in [0.15, 0.2) is 29.4 Å². The number of aromatic nitrogens is 2. The summed E-state index contributed by atoms with van der Waals surface area (Å²) in [5.74, 6) is 1.71. The van der Waals surface area contributed by atoms with E-state index in [0.717, 1.165) is 10.2 Å². The van der Waals surface area contributed by atoms with Gasteiger partial charge in [0.05, 0.1) is 26.8 Å². The number of methoxy groups -OCH3 is 2. The topological polar surface area (TPSA) is 72.7 Å². The van der Waals surface area contributed by atoms with Crippen LogP contribution >= 0.6 is 24.0 Å². The second-order valence-corrected chi connectivity index (χ2v) is 6.34. The van der Waals surface area contributed by atoms with Crippen molar-refractivity contribution in [3.63, 3.8) is 0 Å². The van der Waals surface area contributed by atoms with E-state index in [2.05, 4.69) is 20.7 Å². The molecule has 0 saturated carbocycles. The van der Waals surface area contributed by atoms with Gasteiger partial charge in [0.25, 0.3) is 0 Å². The summed E-state index contributed by atoms with van der Waals surface area (Å²) in [5.41, 5.74) is -0.0965. The molecule has 1 aromatic carbocycles. The van der Waals surface area contributed by atoms with Gasteiger partial charge in [0.15, 0.2) is 11.7 Å². The minimum atomic E-state index is -4.53. The molecule has 0 aliphatic carbocycles. The molecule has 0 amide bonds. The van der Waals surface area contributed by atoms with Crippen molar-refractivity contribution in [2.75, 3.05) is 20.8 Å². The number of halogens is 4. The summed E-state index contributed by atoms with van der Waals surface area (Å²) in [6.45, 7) is 4.15. The molecule has 30 heavy (non-hydrogen) atoms. The Hall–Kier alpha value is -2.18. The third kappa shape index (κ3) is 6.67. The highest BCUT2D eigenvalue weighted by Gasteiger charge is 2.36. The third-order valence-corrected chi connectivity index (χ3v) is 4.18. The lowest BCUT2D eigenvalue weighted by Gasteiger charge is -2.20. The van der Waals surface area contributed by atoms with E-state index in [9.17, 15) is 13.2 Å². The molecule has 1 heterocycles. The van der Waals surface area contributed by atoms with Gasteiger partial charge in [-0.3, -0.25) is 4.68 Å². The summed E-state index contributed by atoms with van der Waals surface area (Å²) < 4.78 is 51.2. The van der Waals surface area contributed by atoms with E-state index in [1.54, 1.807) is 26.4 Å². The van der Waals surface area contributed by atoms with Crippen molar-refractivity contribution >= 4 is 29.9 Å². The van der Waals surface area contributed by atoms with Crippen LogP contribution in [-0.4, -0.2) is 36.5 Å². The van der Waals surface area contributed by atoms with E-state index in [4.69, 9.17) is 9.47 Å². The first-order chi connectivity index (χ1) is 13.7. The number of hydrogen-bond donors (Lipinski definition) is 2. The Morgan fingerprint density at radius 3 is 2.53 bits per heavy atom. The van der Waals surface area contributed by atoms with Gasteiger partial charge < -0.3 is 20.1 Å². The molecule has 0 saturated heterocycles. The van der Waals surface area contributed by atoms with Crippen molar-refractivity contribution in [1.82, 2.24) is 20.4 Å². The molecular formula is C19H27F3IN5O2. The highest BCUT2D eigenvalue weighted by atomic mass is 127. The van der Waals surface area contributed by atoms with Gasteiger partial charge in [-0.25, -0.2) is 4.99 Å². The van der Waals surface area contributed by atoms with Crippen LogP contribution < -0.4 is 20.1 Å². The standard InChI is InChI=1S/C19H26F3N5O2.HI/c1-6-23-18(24-10-13-11-27(3)26-17(13)19(20,21)22)25-12(2)15-9-14(28-4)7-8-16(15)29-5;/h7-9,11-12H,6,10H2,1-5H3,(H2,23,24,25);1H. The van der Waals surface area contributed by atoms with E-state index < -0.39 is 11.9 Å². The van der Waals surface area contributed by atoms with Crippen LogP contribution in [0.1, 0.15) is 36.7 Å². The van der Waals surface area contributed by atoms with Gasteiger partial charge >= 0.3 is 6.18 Å². The van der Waals surface area contributed by atoms with Gasteiger partial charge in [-0.05, 0) is 32.0 Å². The molecule has 11 heteroatoms. The minimum absolute atomic E-state index is 0. The Bertz CT molecular complexity index is 855. The number of nitrogens with one attached hydrogen (secondary N) is 2. The van der Waals surface area contributed by atoms with E-state index in [1.807, 2.05) is 19.9 Å². The molecule has 1 atom stereocenters. The SMILES string of the molecule is CCNC(=NCc1cn(C)nc1C(F)(F)F)NC(C)c1cc(OC)ccc1OC.I. The van der Waals surface area contributed by atoms with Crippen molar-refractivity contribution in [1.29, 1.82) is 0 Å². The van der Waals surface area contributed by atoms with Crippen molar-refractivity contribution in [3.05, 3.63) is 41.2 Å². The monoisotopic (exact) mass is 541 g/mol. The molecule has 1 aromatic heterocycles. The van der Waals surface area contributed by atoms with E-state index in [0.29, 0.717) is 24.0 Å². The van der Waals surface area contributed by atoms with Gasteiger partial charge in [-0.1, -0.05) is 0 Å². The Balaban J connectivity index is 0.00000450. The summed E-state index contributed by atoms with van der Waals surface area (Å²) in [4.78, 5) is 4.30. The first kappa shape index (κ1) is 25.9. The molecule has 0 radical (unpaired) electrons. The molecule has 0 spiro atoms. The number of alkyl halides is 3. The zero-order chi connectivity index (χ0) is 21.6. The maximum Gasteiger partial charge on any atom is 0.435 e. The van der Waals surface area contributed by atoms with Crippen LogP contribution in [0.2, 0.25) is 0 Å². The average molecular weight is 541 g/mol. The normalized spacial score (nSPS) is 12.7. The molecule has 2 aromatic rings. The average Bonchev–Trinajstić information content (AvgIpc) is 3.06. The number of aliphatic imine (C=N–C) groups is 1.